The number of hydrogen-bond acceptors (Lipinski definition) is 4. The highest BCUT2D eigenvalue weighted by Crippen LogP contribution is 2.58. The van der Waals surface area contributed by atoms with Crippen LogP contribution in [-0.2, 0) is 9.59 Å². The van der Waals surface area contributed by atoms with Crippen LogP contribution in [0.1, 0.15) is 126 Å². The first kappa shape index (κ1) is 34.2. The molecule has 0 saturated carbocycles. The number of hydrogen-bond donors (Lipinski definition) is 2. The van der Waals surface area contributed by atoms with Crippen LogP contribution in [0.4, 0.5) is 0 Å². The molecule has 6 nitrogen and oxygen atoms in total. The minimum atomic E-state index is -0.866. The lowest BCUT2D eigenvalue weighted by atomic mass is 9.52. The van der Waals surface area contributed by atoms with E-state index in [-0.39, 0.29) is 40.4 Å². The van der Waals surface area contributed by atoms with E-state index >= 15 is 0 Å². The van der Waals surface area contributed by atoms with Gasteiger partial charge in [0.1, 0.15) is 0 Å². The van der Waals surface area contributed by atoms with Gasteiger partial charge in [-0.25, -0.2) is 0 Å². The zero-order valence-corrected chi connectivity index (χ0v) is 26.6. The van der Waals surface area contributed by atoms with Crippen molar-refractivity contribution in [1.82, 2.24) is 9.80 Å². The molecule has 2 rings (SSSR count). The van der Waals surface area contributed by atoms with E-state index in [0.717, 1.165) is 51.4 Å². The summed E-state index contributed by atoms with van der Waals surface area (Å²) in [4.78, 5) is 29.4. The minimum Gasteiger partial charge on any atom is -0.481 e. The van der Waals surface area contributed by atoms with Crippen LogP contribution >= 0.6 is 0 Å². The Hall–Kier alpha value is -2.02. The lowest BCUT2D eigenvalue weighted by molar-refractivity contribution is -0.177. The van der Waals surface area contributed by atoms with E-state index in [9.17, 15) is 14.7 Å². The van der Waals surface area contributed by atoms with Gasteiger partial charge in [-0.05, 0) is 106 Å². The first-order chi connectivity index (χ1) is 18.4. The fourth-order valence-electron chi connectivity index (χ4n) is 8.82. The molecule has 0 atom stereocenters. The molecule has 0 aromatic rings. The van der Waals surface area contributed by atoms with Crippen LogP contribution in [-0.4, -0.2) is 67.2 Å². The zero-order chi connectivity index (χ0) is 30.6. The van der Waals surface area contributed by atoms with Crippen molar-refractivity contribution in [2.24, 2.45) is 17.3 Å². The maximum atomic E-state index is 13.8. The zero-order valence-electron chi connectivity index (χ0n) is 26.6. The molecule has 0 amide bonds. The molecule has 2 aliphatic rings. The standard InChI is InChI=1S/C34H56N2O4/c1-11-20-35-30(3,4)22-26(23-31(35,5)6)34(29(39)40,19-17-15-13-14-16-18-28(37)38)27-24-32(7,8)36(21-12-2)33(9,10)25-27/h1-2,26-27H,13-25H2,3-10H3,(H,37,38)(H,39,40). The van der Waals surface area contributed by atoms with Gasteiger partial charge in [0.25, 0.3) is 0 Å². The van der Waals surface area contributed by atoms with Gasteiger partial charge in [0, 0.05) is 28.6 Å². The highest BCUT2D eigenvalue weighted by Gasteiger charge is 2.60. The molecule has 2 N–H and O–H groups in total. The number of aliphatic carboxylic acids is 2. The molecule has 2 fully saturated rings. The van der Waals surface area contributed by atoms with Gasteiger partial charge in [-0.3, -0.25) is 19.4 Å². The highest BCUT2D eigenvalue weighted by molar-refractivity contribution is 5.76. The first-order valence-electron chi connectivity index (χ1n) is 15.2. The fourth-order valence-corrected chi connectivity index (χ4v) is 8.82. The van der Waals surface area contributed by atoms with Crippen LogP contribution in [0.15, 0.2) is 0 Å². The normalized spacial score (nSPS) is 23.2. The van der Waals surface area contributed by atoms with Gasteiger partial charge in [-0.2, -0.15) is 0 Å². The van der Waals surface area contributed by atoms with Gasteiger partial charge < -0.3 is 10.2 Å². The molecular formula is C34H56N2O4. The van der Waals surface area contributed by atoms with E-state index < -0.39 is 17.4 Å². The number of carbonyl (C=O) groups is 2. The van der Waals surface area contributed by atoms with Gasteiger partial charge in [0.15, 0.2) is 0 Å². The Morgan fingerprint density at radius 3 is 1.38 bits per heavy atom. The van der Waals surface area contributed by atoms with Gasteiger partial charge in [0.2, 0.25) is 0 Å². The second-order valence-electron chi connectivity index (χ2n) is 15.0. The molecule has 2 heterocycles. The third-order valence-corrected chi connectivity index (χ3v) is 10.2. The number of rotatable bonds is 13. The van der Waals surface area contributed by atoms with Crippen LogP contribution in [0.5, 0.6) is 0 Å². The van der Waals surface area contributed by atoms with Crippen LogP contribution in [0, 0.1) is 41.9 Å². The molecule has 40 heavy (non-hydrogen) atoms. The van der Waals surface area contributed by atoms with Gasteiger partial charge in [-0.1, -0.05) is 37.5 Å². The van der Waals surface area contributed by atoms with E-state index in [0.29, 0.717) is 25.9 Å². The van der Waals surface area contributed by atoms with Crippen molar-refractivity contribution in [3.05, 3.63) is 0 Å². The predicted molar refractivity (Wildman–Crippen MR) is 163 cm³/mol. The molecular weight excluding hydrogens is 500 g/mol. The average Bonchev–Trinajstić information content (AvgIpc) is 2.79. The maximum Gasteiger partial charge on any atom is 0.310 e. The Bertz CT molecular complexity index is 889. The minimum absolute atomic E-state index is 0.00631. The summed E-state index contributed by atoms with van der Waals surface area (Å²) in [6.45, 7) is 18.9. The van der Waals surface area contributed by atoms with Crippen molar-refractivity contribution < 1.29 is 19.8 Å². The second-order valence-corrected chi connectivity index (χ2v) is 15.0. The molecule has 0 spiro atoms. The topological polar surface area (TPSA) is 81.1 Å². The third kappa shape index (κ3) is 7.43. The van der Waals surface area contributed by atoms with E-state index in [4.69, 9.17) is 18.0 Å². The summed E-state index contributed by atoms with van der Waals surface area (Å²) in [7, 11) is 0. The smallest absolute Gasteiger partial charge is 0.310 e. The van der Waals surface area contributed by atoms with Gasteiger partial charge in [-0.15, -0.1) is 12.8 Å². The molecule has 0 unspecified atom stereocenters. The van der Waals surface area contributed by atoms with Crippen molar-refractivity contribution in [1.29, 1.82) is 0 Å². The van der Waals surface area contributed by atoms with Crippen LogP contribution in [0.25, 0.3) is 0 Å². The summed E-state index contributed by atoms with van der Waals surface area (Å²) < 4.78 is 0. The lowest BCUT2D eigenvalue weighted by Crippen LogP contribution is -2.67. The summed E-state index contributed by atoms with van der Waals surface area (Å²) in [5, 5.41) is 20.2. The number of nitrogens with zero attached hydrogens (tertiary/aromatic N) is 2. The second kappa shape index (κ2) is 12.9. The van der Waals surface area contributed by atoms with Crippen LogP contribution in [0.2, 0.25) is 0 Å². The van der Waals surface area contributed by atoms with Crippen molar-refractivity contribution in [3.63, 3.8) is 0 Å². The molecule has 0 aliphatic carbocycles. The van der Waals surface area contributed by atoms with Crippen molar-refractivity contribution in [2.45, 2.75) is 148 Å². The van der Waals surface area contributed by atoms with Crippen LogP contribution < -0.4 is 0 Å². The lowest BCUT2D eigenvalue weighted by Gasteiger charge is -2.62. The number of terminal acetylenes is 2. The molecule has 0 aromatic heterocycles. The van der Waals surface area contributed by atoms with Crippen molar-refractivity contribution in [3.8, 4) is 24.7 Å². The molecule has 0 radical (unpaired) electrons. The van der Waals surface area contributed by atoms with E-state index in [1.807, 2.05) is 0 Å². The number of piperidine rings is 2. The summed E-state index contributed by atoms with van der Waals surface area (Å²) >= 11 is 0. The third-order valence-electron chi connectivity index (χ3n) is 10.2. The van der Waals surface area contributed by atoms with Crippen LogP contribution in [0.3, 0.4) is 0 Å². The van der Waals surface area contributed by atoms with Crippen molar-refractivity contribution in [2.75, 3.05) is 13.1 Å². The number of carboxylic acid groups (broad SMARTS) is 2. The molecule has 6 heteroatoms. The molecule has 226 valence electrons. The summed E-state index contributed by atoms with van der Waals surface area (Å²) in [6.07, 6.45) is 19.7. The van der Waals surface area contributed by atoms with E-state index in [1.165, 1.54) is 0 Å². The number of likely N-dealkylation sites (tertiary alicyclic amines) is 2. The Morgan fingerprint density at radius 2 is 1.05 bits per heavy atom. The predicted octanol–water partition coefficient (Wildman–Crippen LogP) is 6.68. The average molecular weight is 557 g/mol. The summed E-state index contributed by atoms with van der Waals surface area (Å²) in [6, 6.07) is 0. The summed E-state index contributed by atoms with van der Waals surface area (Å²) in [5.41, 5.74) is -1.79. The molecule has 2 saturated heterocycles. The van der Waals surface area contributed by atoms with Gasteiger partial charge >= 0.3 is 11.9 Å². The molecule has 0 bridgehead atoms. The molecule has 2 aliphatic heterocycles. The monoisotopic (exact) mass is 556 g/mol. The maximum absolute atomic E-state index is 13.8. The number of carboxylic acids is 2. The molecule has 0 aromatic carbocycles. The largest absolute Gasteiger partial charge is 0.481 e. The Labute approximate surface area is 244 Å². The fraction of sp³-hybridized carbons (Fsp3) is 0.824. The SMILES string of the molecule is C#CCN1C(C)(C)CC(C(CCCCCCCC(=O)O)(C(=O)O)C2CC(C)(C)N(CC#C)C(C)(C)C2)CC1(C)C. The Balaban J connectivity index is 2.50. The van der Waals surface area contributed by atoms with Crippen molar-refractivity contribution >= 4 is 11.9 Å². The van der Waals surface area contributed by atoms with E-state index in [2.05, 4.69) is 77.0 Å². The summed E-state index contributed by atoms with van der Waals surface area (Å²) in [5.74, 6) is 4.28. The Morgan fingerprint density at radius 1 is 0.700 bits per heavy atom. The van der Waals surface area contributed by atoms with E-state index in [1.54, 1.807) is 0 Å². The number of unbranched alkanes of at least 4 members (excludes halogenated alkanes) is 4. The first-order valence-corrected chi connectivity index (χ1v) is 15.2. The quantitative estimate of drug-likeness (QED) is 0.195. The van der Waals surface area contributed by atoms with Gasteiger partial charge in [0.05, 0.1) is 18.5 Å². The highest BCUT2D eigenvalue weighted by atomic mass is 16.4. The Kier molecular flexibility index (Phi) is 11.0.